The summed E-state index contributed by atoms with van der Waals surface area (Å²) in [5, 5.41) is 5.14. The Balaban J connectivity index is 1.24. The molecule has 2 heteroatoms. The highest BCUT2D eigenvalue weighted by Crippen LogP contribution is 2.51. The van der Waals surface area contributed by atoms with E-state index in [1.807, 2.05) is 11.3 Å². The van der Waals surface area contributed by atoms with Gasteiger partial charge in [0.2, 0.25) is 0 Å². The Labute approximate surface area is 267 Å². The van der Waals surface area contributed by atoms with E-state index in [-0.39, 0.29) is 5.41 Å². The normalized spacial score (nSPS) is 13.3. The van der Waals surface area contributed by atoms with Gasteiger partial charge < -0.3 is 4.90 Å². The lowest BCUT2D eigenvalue weighted by atomic mass is 9.82. The number of anilines is 3. The summed E-state index contributed by atoms with van der Waals surface area (Å²) in [5.41, 5.74) is 11.3. The summed E-state index contributed by atoms with van der Waals surface area (Å²) in [6.45, 7) is 4.71. The van der Waals surface area contributed by atoms with E-state index in [4.69, 9.17) is 0 Å². The van der Waals surface area contributed by atoms with Crippen LogP contribution in [0.2, 0.25) is 0 Å². The summed E-state index contributed by atoms with van der Waals surface area (Å²) in [6, 6.07) is 56.0. The maximum atomic E-state index is 2.44. The van der Waals surface area contributed by atoms with E-state index in [2.05, 4.69) is 170 Å². The summed E-state index contributed by atoms with van der Waals surface area (Å²) in [4.78, 5) is 2.44. The largest absolute Gasteiger partial charge is 0.310 e. The molecule has 0 spiro atoms. The zero-order valence-corrected chi connectivity index (χ0v) is 26.1. The van der Waals surface area contributed by atoms with Crippen LogP contribution in [0.3, 0.4) is 0 Å². The van der Waals surface area contributed by atoms with Gasteiger partial charge in [-0.15, -0.1) is 11.3 Å². The number of hydrogen-bond acceptors (Lipinski definition) is 2. The lowest BCUT2D eigenvalue weighted by Gasteiger charge is -2.28. The van der Waals surface area contributed by atoms with Crippen molar-refractivity contribution in [2.24, 2.45) is 0 Å². The Morgan fingerprint density at radius 3 is 2.07 bits per heavy atom. The summed E-state index contributed by atoms with van der Waals surface area (Å²) in [5.74, 6) is 0. The van der Waals surface area contributed by atoms with Crippen molar-refractivity contribution in [3.8, 4) is 22.3 Å². The van der Waals surface area contributed by atoms with Crippen molar-refractivity contribution in [1.29, 1.82) is 0 Å². The first-order valence-corrected chi connectivity index (χ1v) is 16.4. The van der Waals surface area contributed by atoms with Crippen molar-refractivity contribution < 1.29 is 0 Å². The van der Waals surface area contributed by atoms with Gasteiger partial charge in [-0.1, -0.05) is 111 Å². The van der Waals surface area contributed by atoms with Crippen molar-refractivity contribution in [2.45, 2.75) is 19.3 Å². The molecule has 0 saturated heterocycles. The predicted octanol–water partition coefficient (Wildman–Crippen LogP) is 12.7. The zero-order chi connectivity index (χ0) is 30.1. The Morgan fingerprint density at radius 1 is 0.444 bits per heavy atom. The molecular weight excluding hydrogens is 563 g/mol. The summed E-state index contributed by atoms with van der Waals surface area (Å²) in [7, 11) is 0. The molecule has 0 aliphatic heterocycles. The first-order valence-electron chi connectivity index (χ1n) is 15.6. The number of thiophene rings is 1. The molecule has 0 atom stereocenters. The van der Waals surface area contributed by atoms with Crippen LogP contribution >= 0.6 is 11.3 Å². The molecule has 0 amide bonds. The van der Waals surface area contributed by atoms with Crippen molar-refractivity contribution in [1.82, 2.24) is 0 Å². The second-order valence-corrected chi connectivity index (χ2v) is 13.7. The Hall–Kier alpha value is -5.18. The van der Waals surface area contributed by atoms with Crippen molar-refractivity contribution in [2.75, 3.05) is 4.90 Å². The topological polar surface area (TPSA) is 3.24 Å². The van der Waals surface area contributed by atoms with Crippen LogP contribution in [0, 0.1) is 0 Å². The third-order valence-electron chi connectivity index (χ3n) is 9.63. The van der Waals surface area contributed by atoms with Crippen LogP contribution < -0.4 is 4.90 Å². The fraction of sp³-hybridized carbons (Fsp3) is 0.0698. The minimum atomic E-state index is -0.0753. The van der Waals surface area contributed by atoms with E-state index in [9.17, 15) is 0 Å². The molecule has 1 nitrogen and oxygen atoms in total. The second-order valence-electron chi connectivity index (χ2n) is 12.6. The van der Waals surface area contributed by atoms with Crippen LogP contribution in [-0.2, 0) is 5.41 Å². The highest BCUT2D eigenvalue weighted by molar-refractivity contribution is 7.25. The fourth-order valence-electron chi connectivity index (χ4n) is 7.33. The molecule has 0 radical (unpaired) electrons. The summed E-state index contributed by atoms with van der Waals surface area (Å²) >= 11 is 1.86. The second kappa shape index (κ2) is 9.92. The van der Waals surface area contributed by atoms with Gasteiger partial charge >= 0.3 is 0 Å². The summed E-state index contributed by atoms with van der Waals surface area (Å²) in [6.07, 6.45) is 0. The van der Waals surface area contributed by atoms with Gasteiger partial charge in [-0.3, -0.25) is 0 Å². The Morgan fingerprint density at radius 2 is 1.13 bits per heavy atom. The Kier molecular flexibility index (Phi) is 5.78. The molecular formula is C43H31NS. The average molecular weight is 594 g/mol. The molecule has 0 fully saturated rings. The summed E-state index contributed by atoms with van der Waals surface area (Å²) < 4.78 is 2.64. The van der Waals surface area contributed by atoms with Crippen molar-refractivity contribution in [3.05, 3.63) is 163 Å². The molecule has 0 bridgehead atoms. The number of fused-ring (bicyclic) bond motifs is 7. The molecule has 9 rings (SSSR count). The SMILES string of the molecule is CC1(C)c2ccccc2-c2ccc(N(c3cccc(-c4ccc5ccccc5c4)c3)c3ccc4sc5ccccc5c4c3)cc21. The van der Waals surface area contributed by atoms with E-state index in [0.29, 0.717) is 0 Å². The average Bonchev–Trinajstić information content (AvgIpc) is 3.56. The molecule has 214 valence electrons. The van der Waals surface area contributed by atoms with Gasteiger partial charge in [0.05, 0.1) is 0 Å². The molecule has 8 aromatic rings. The van der Waals surface area contributed by atoms with Crippen LogP contribution in [-0.4, -0.2) is 0 Å². The number of rotatable bonds is 4. The highest BCUT2D eigenvalue weighted by Gasteiger charge is 2.35. The van der Waals surface area contributed by atoms with Gasteiger partial charge in [0.1, 0.15) is 0 Å². The van der Waals surface area contributed by atoms with Crippen molar-refractivity contribution in [3.63, 3.8) is 0 Å². The van der Waals surface area contributed by atoms with Crippen LogP contribution in [0.1, 0.15) is 25.0 Å². The fourth-order valence-corrected chi connectivity index (χ4v) is 8.41. The van der Waals surface area contributed by atoms with Gasteiger partial charge in [0.25, 0.3) is 0 Å². The zero-order valence-electron chi connectivity index (χ0n) is 25.3. The molecule has 1 heterocycles. The van der Waals surface area contributed by atoms with E-state index >= 15 is 0 Å². The quantitative estimate of drug-likeness (QED) is 0.196. The Bertz CT molecular complexity index is 2430. The lowest BCUT2D eigenvalue weighted by molar-refractivity contribution is 0.660. The lowest BCUT2D eigenvalue weighted by Crippen LogP contribution is -2.16. The van der Waals surface area contributed by atoms with E-state index in [1.165, 1.54) is 70.0 Å². The smallest absolute Gasteiger partial charge is 0.0468 e. The number of nitrogens with zero attached hydrogens (tertiary/aromatic N) is 1. The minimum Gasteiger partial charge on any atom is -0.310 e. The van der Waals surface area contributed by atoms with E-state index < -0.39 is 0 Å². The maximum Gasteiger partial charge on any atom is 0.0468 e. The molecule has 7 aromatic carbocycles. The monoisotopic (exact) mass is 593 g/mol. The first-order chi connectivity index (χ1) is 22.0. The van der Waals surface area contributed by atoms with Gasteiger partial charge in [-0.05, 0) is 98.8 Å². The first kappa shape index (κ1) is 26.2. The van der Waals surface area contributed by atoms with Crippen LogP contribution in [0.15, 0.2) is 152 Å². The highest BCUT2D eigenvalue weighted by atomic mass is 32.1. The minimum absolute atomic E-state index is 0.0753. The molecule has 0 unspecified atom stereocenters. The van der Waals surface area contributed by atoms with Gasteiger partial charge in [0.15, 0.2) is 0 Å². The van der Waals surface area contributed by atoms with Gasteiger partial charge in [-0.25, -0.2) is 0 Å². The van der Waals surface area contributed by atoms with Crippen LogP contribution in [0.5, 0.6) is 0 Å². The van der Waals surface area contributed by atoms with Crippen LogP contribution in [0.25, 0.3) is 53.2 Å². The third kappa shape index (κ3) is 4.13. The van der Waals surface area contributed by atoms with E-state index in [0.717, 1.165) is 11.4 Å². The van der Waals surface area contributed by atoms with Crippen LogP contribution in [0.4, 0.5) is 17.1 Å². The van der Waals surface area contributed by atoms with Crippen molar-refractivity contribution >= 4 is 59.3 Å². The molecule has 45 heavy (non-hydrogen) atoms. The maximum absolute atomic E-state index is 2.44. The number of hydrogen-bond donors (Lipinski definition) is 0. The van der Waals surface area contributed by atoms with E-state index in [1.54, 1.807) is 0 Å². The molecule has 1 aliphatic carbocycles. The molecule has 0 N–H and O–H groups in total. The third-order valence-corrected chi connectivity index (χ3v) is 10.8. The standard InChI is InChI=1S/C43H31NS/c1-43(2)39-16-7-5-14-35(39)36-22-20-34(27-40(36)43)44(33-21-23-42-38(26-33)37-15-6-8-17-41(37)45-42)32-13-9-12-30(25-32)31-19-18-28-10-3-4-11-29(28)24-31/h3-27H,1-2H3. The van der Waals surface area contributed by atoms with Gasteiger partial charge in [0, 0.05) is 42.6 Å². The molecule has 0 saturated carbocycles. The van der Waals surface area contributed by atoms with Gasteiger partial charge in [-0.2, -0.15) is 0 Å². The predicted molar refractivity (Wildman–Crippen MR) is 195 cm³/mol. The number of benzene rings is 7. The molecule has 1 aliphatic rings. The molecule has 1 aromatic heterocycles.